The third-order valence-electron chi connectivity index (χ3n) is 6.14. The molecule has 0 radical (unpaired) electrons. The second-order valence-electron chi connectivity index (χ2n) is 8.35. The molecule has 5 nitrogen and oxygen atoms in total. The lowest BCUT2D eigenvalue weighted by Crippen LogP contribution is -2.41. The van der Waals surface area contributed by atoms with Gasteiger partial charge in [-0.1, -0.05) is 79.7 Å². The van der Waals surface area contributed by atoms with Crippen molar-refractivity contribution < 1.29 is 4.79 Å². The molecule has 3 aromatic carbocycles. The van der Waals surface area contributed by atoms with Gasteiger partial charge in [-0.2, -0.15) is 0 Å². The molecule has 1 heterocycles. The van der Waals surface area contributed by atoms with Gasteiger partial charge in [-0.05, 0) is 36.6 Å². The maximum atomic E-state index is 13.0. The molecule has 0 spiro atoms. The third-order valence-corrected chi connectivity index (χ3v) is 6.14. The molecular formula is C27H29N3O2. The number of fused-ring (bicyclic) bond motifs is 1. The number of amides is 1. The van der Waals surface area contributed by atoms with E-state index >= 15 is 0 Å². The van der Waals surface area contributed by atoms with Crippen LogP contribution in [0.25, 0.3) is 11.0 Å². The molecule has 4 aromatic rings. The Bertz CT molecular complexity index is 1220. The van der Waals surface area contributed by atoms with E-state index in [1.807, 2.05) is 67.6 Å². The summed E-state index contributed by atoms with van der Waals surface area (Å²) in [4.78, 5) is 26.0. The van der Waals surface area contributed by atoms with Crippen LogP contribution in [-0.4, -0.2) is 21.6 Å². The van der Waals surface area contributed by atoms with E-state index in [1.54, 1.807) is 9.13 Å². The van der Waals surface area contributed by atoms with Crippen LogP contribution in [-0.2, 0) is 23.3 Å². The van der Waals surface area contributed by atoms with Gasteiger partial charge >= 0.3 is 5.69 Å². The zero-order valence-corrected chi connectivity index (χ0v) is 18.6. The monoisotopic (exact) mass is 427 g/mol. The van der Waals surface area contributed by atoms with E-state index in [0.29, 0.717) is 13.1 Å². The summed E-state index contributed by atoms with van der Waals surface area (Å²) in [6.07, 6.45) is 0.854. The number of hydrogen-bond acceptors (Lipinski definition) is 2. The molecule has 0 bridgehead atoms. The first-order valence-electron chi connectivity index (χ1n) is 11.1. The molecule has 4 rings (SSSR count). The summed E-state index contributed by atoms with van der Waals surface area (Å²) in [7, 11) is 0. The van der Waals surface area contributed by atoms with Gasteiger partial charge in [0.15, 0.2) is 0 Å². The number of hydrogen-bond donors (Lipinski definition) is 1. The number of benzene rings is 3. The maximum absolute atomic E-state index is 13.0. The van der Waals surface area contributed by atoms with Crippen molar-refractivity contribution in [3.8, 4) is 0 Å². The Kier molecular flexibility index (Phi) is 6.26. The molecule has 0 atom stereocenters. The fourth-order valence-corrected chi connectivity index (χ4v) is 4.32. The Morgan fingerprint density at radius 1 is 0.812 bits per heavy atom. The minimum atomic E-state index is -0.390. The van der Waals surface area contributed by atoms with E-state index in [4.69, 9.17) is 0 Å². The van der Waals surface area contributed by atoms with Crippen molar-refractivity contribution in [2.24, 2.45) is 0 Å². The summed E-state index contributed by atoms with van der Waals surface area (Å²) < 4.78 is 3.32. The van der Waals surface area contributed by atoms with E-state index in [-0.39, 0.29) is 23.6 Å². The van der Waals surface area contributed by atoms with Crippen LogP contribution in [0.1, 0.15) is 31.4 Å². The van der Waals surface area contributed by atoms with Crippen molar-refractivity contribution in [1.82, 2.24) is 14.5 Å². The van der Waals surface area contributed by atoms with Crippen LogP contribution in [0.4, 0.5) is 0 Å². The first-order valence-corrected chi connectivity index (χ1v) is 11.1. The smallest absolute Gasteiger partial charge is 0.329 e. The summed E-state index contributed by atoms with van der Waals surface area (Å²) in [5.41, 5.74) is 3.38. The summed E-state index contributed by atoms with van der Waals surface area (Å²) in [5, 5.41) is 3.09. The second-order valence-corrected chi connectivity index (χ2v) is 8.35. The number of aromatic nitrogens is 2. The third kappa shape index (κ3) is 4.11. The summed E-state index contributed by atoms with van der Waals surface area (Å²) in [6.45, 7) is 5.24. The largest absolute Gasteiger partial charge is 0.353 e. The van der Waals surface area contributed by atoms with E-state index < -0.39 is 0 Å². The highest BCUT2D eigenvalue weighted by atomic mass is 16.2. The molecule has 1 aromatic heterocycles. The number of rotatable bonds is 8. The average molecular weight is 428 g/mol. The number of nitrogens with zero attached hydrogens (tertiary/aromatic N) is 2. The molecule has 0 aliphatic rings. The van der Waals surface area contributed by atoms with Gasteiger partial charge in [0.05, 0.1) is 11.0 Å². The minimum Gasteiger partial charge on any atom is -0.353 e. The van der Waals surface area contributed by atoms with Crippen molar-refractivity contribution in [3.05, 3.63) is 107 Å². The van der Waals surface area contributed by atoms with Gasteiger partial charge in [-0.3, -0.25) is 13.9 Å². The van der Waals surface area contributed by atoms with Crippen molar-refractivity contribution in [1.29, 1.82) is 0 Å². The van der Waals surface area contributed by atoms with Crippen LogP contribution in [0.15, 0.2) is 89.7 Å². The number of para-hydroxylation sites is 2. The maximum Gasteiger partial charge on any atom is 0.329 e. The fraction of sp³-hybridized carbons (Fsp3) is 0.259. The SMILES string of the molecule is CCCn1c(=O)n(CC(=O)NCC(C)(c2ccccc2)c2ccccc2)c2ccccc21. The molecule has 1 N–H and O–H groups in total. The predicted octanol–water partition coefficient (Wildman–Crippen LogP) is 4.34. The van der Waals surface area contributed by atoms with Crippen LogP contribution >= 0.6 is 0 Å². The van der Waals surface area contributed by atoms with Crippen molar-refractivity contribution in [2.45, 2.75) is 38.8 Å². The van der Waals surface area contributed by atoms with E-state index in [9.17, 15) is 9.59 Å². The first kappa shape index (κ1) is 21.6. The van der Waals surface area contributed by atoms with Crippen molar-refractivity contribution >= 4 is 16.9 Å². The van der Waals surface area contributed by atoms with E-state index in [0.717, 1.165) is 28.6 Å². The van der Waals surface area contributed by atoms with Gasteiger partial charge in [0.25, 0.3) is 0 Å². The fourth-order valence-electron chi connectivity index (χ4n) is 4.32. The van der Waals surface area contributed by atoms with Crippen LogP contribution < -0.4 is 11.0 Å². The Morgan fingerprint density at radius 3 is 1.84 bits per heavy atom. The molecular weight excluding hydrogens is 398 g/mol. The highest BCUT2D eigenvalue weighted by molar-refractivity contribution is 5.81. The van der Waals surface area contributed by atoms with Gasteiger partial charge in [0, 0.05) is 18.5 Å². The van der Waals surface area contributed by atoms with Crippen LogP contribution in [0.3, 0.4) is 0 Å². The quantitative estimate of drug-likeness (QED) is 0.455. The molecule has 0 saturated carbocycles. The van der Waals surface area contributed by atoms with Gasteiger partial charge < -0.3 is 5.32 Å². The molecule has 0 aliphatic heterocycles. The Morgan fingerprint density at radius 2 is 1.31 bits per heavy atom. The topological polar surface area (TPSA) is 56.0 Å². The normalized spacial score (nSPS) is 11.6. The Labute approximate surface area is 188 Å². The predicted molar refractivity (Wildman–Crippen MR) is 129 cm³/mol. The highest BCUT2D eigenvalue weighted by Crippen LogP contribution is 2.31. The minimum absolute atomic E-state index is 0.00425. The number of carbonyl (C=O) groups is 1. The number of carbonyl (C=O) groups excluding carboxylic acids is 1. The summed E-state index contributed by atoms with van der Waals surface area (Å²) in [6, 6.07) is 28.0. The summed E-state index contributed by atoms with van der Waals surface area (Å²) >= 11 is 0. The lowest BCUT2D eigenvalue weighted by Gasteiger charge is -2.31. The lowest BCUT2D eigenvalue weighted by atomic mass is 9.76. The van der Waals surface area contributed by atoms with Crippen LogP contribution in [0.5, 0.6) is 0 Å². The van der Waals surface area contributed by atoms with Crippen LogP contribution in [0, 0.1) is 0 Å². The number of aryl methyl sites for hydroxylation is 1. The second kappa shape index (κ2) is 9.27. The molecule has 5 heteroatoms. The highest BCUT2D eigenvalue weighted by Gasteiger charge is 2.29. The van der Waals surface area contributed by atoms with Gasteiger partial charge in [0.1, 0.15) is 6.54 Å². The molecule has 164 valence electrons. The molecule has 32 heavy (non-hydrogen) atoms. The number of nitrogens with one attached hydrogen (secondary N) is 1. The molecule has 0 aliphatic carbocycles. The first-order chi connectivity index (χ1) is 15.5. The molecule has 0 saturated heterocycles. The van der Waals surface area contributed by atoms with E-state index in [2.05, 4.69) is 36.5 Å². The summed E-state index contributed by atoms with van der Waals surface area (Å²) in [5.74, 6) is -0.176. The molecule has 0 unspecified atom stereocenters. The van der Waals surface area contributed by atoms with Gasteiger partial charge in [-0.15, -0.1) is 0 Å². The molecule has 0 fully saturated rings. The molecule has 1 amide bonds. The van der Waals surface area contributed by atoms with Crippen molar-refractivity contribution in [2.75, 3.05) is 6.54 Å². The average Bonchev–Trinajstić information content (AvgIpc) is 3.10. The van der Waals surface area contributed by atoms with Gasteiger partial charge in [0.2, 0.25) is 5.91 Å². The Balaban J connectivity index is 1.59. The van der Waals surface area contributed by atoms with Crippen molar-refractivity contribution in [3.63, 3.8) is 0 Å². The standard InChI is InChI=1S/C27H29N3O2/c1-3-18-29-23-16-10-11-17-24(23)30(26(29)32)19-25(31)28-20-27(2,21-12-6-4-7-13-21)22-14-8-5-9-15-22/h4-17H,3,18-20H2,1-2H3,(H,28,31). The Hall–Kier alpha value is -3.60. The lowest BCUT2D eigenvalue weighted by molar-refractivity contribution is -0.121. The zero-order chi connectivity index (χ0) is 22.6. The van der Waals surface area contributed by atoms with Crippen LogP contribution in [0.2, 0.25) is 0 Å². The number of imidazole rings is 1. The van der Waals surface area contributed by atoms with E-state index in [1.165, 1.54) is 0 Å². The zero-order valence-electron chi connectivity index (χ0n) is 18.6. The van der Waals surface area contributed by atoms with Gasteiger partial charge in [-0.25, -0.2) is 4.79 Å².